The molecule has 0 bridgehead atoms. The molecular formula is C25H38N4O4S. The zero-order valence-electron chi connectivity index (χ0n) is 20.5. The fourth-order valence-corrected chi connectivity index (χ4v) is 7.37. The van der Waals surface area contributed by atoms with Crippen LogP contribution in [0.15, 0.2) is 18.2 Å². The van der Waals surface area contributed by atoms with Crippen molar-refractivity contribution in [3.05, 3.63) is 29.3 Å². The largest absolute Gasteiger partial charge is 0.335 e. The van der Waals surface area contributed by atoms with Crippen LogP contribution in [0.2, 0.25) is 0 Å². The number of piperazine rings is 1. The van der Waals surface area contributed by atoms with E-state index in [-0.39, 0.29) is 35.4 Å². The highest BCUT2D eigenvalue weighted by atomic mass is 32.2. The van der Waals surface area contributed by atoms with Crippen LogP contribution in [-0.4, -0.2) is 97.8 Å². The summed E-state index contributed by atoms with van der Waals surface area (Å²) in [7, 11) is -3.04. The van der Waals surface area contributed by atoms with Crippen LogP contribution in [0.1, 0.15) is 43.2 Å². The molecule has 1 saturated carbocycles. The van der Waals surface area contributed by atoms with Crippen LogP contribution in [0.25, 0.3) is 0 Å². The Balaban J connectivity index is 1.28. The predicted molar refractivity (Wildman–Crippen MR) is 134 cm³/mol. The second-order valence-corrected chi connectivity index (χ2v) is 12.4. The van der Waals surface area contributed by atoms with Gasteiger partial charge in [-0.1, -0.05) is 31.0 Å². The molecule has 188 valence electrons. The molecule has 0 unspecified atom stereocenters. The third-order valence-electron chi connectivity index (χ3n) is 7.54. The summed E-state index contributed by atoms with van der Waals surface area (Å²) >= 11 is 0. The summed E-state index contributed by atoms with van der Waals surface area (Å²) in [5.74, 6) is 0.349. The van der Waals surface area contributed by atoms with Gasteiger partial charge in [0.15, 0.2) is 9.84 Å². The highest BCUT2D eigenvalue weighted by Crippen LogP contribution is 2.29. The summed E-state index contributed by atoms with van der Waals surface area (Å²) in [6.45, 7) is 7.57. The quantitative estimate of drug-likeness (QED) is 0.627. The maximum atomic E-state index is 13.3. The van der Waals surface area contributed by atoms with Crippen LogP contribution in [0.3, 0.4) is 0 Å². The third kappa shape index (κ3) is 6.17. The first kappa shape index (κ1) is 25.1. The van der Waals surface area contributed by atoms with Crippen LogP contribution in [0.5, 0.6) is 0 Å². The Labute approximate surface area is 203 Å². The number of carbonyl (C=O) groups is 2. The highest BCUT2D eigenvalue weighted by Gasteiger charge is 2.39. The van der Waals surface area contributed by atoms with Crippen molar-refractivity contribution in [3.8, 4) is 0 Å². The fraction of sp³-hybridized carbons (Fsp3) is 0.680. The molecule has 0 aromatic heterocycles. The van der Waals surface area contributed by atoms with Gasteiger partial charge in [-0.25, -0.2) is 8.42 Å². The minimum atomic E-state index is -3.04. The van der Waals surface area contributed by atoms with Crippen molar-refractivity contribution in [3.63, 3.8) is 0 Å². The number of hydrogen-bond donors (Lipinski definition) is 1. The van der Waals surface area contributed by atoms with E-state index in [0.717, 1.165) is 68.7 Å². The van der Waals surface area contributed by atoms with Crippen molar-refractivity contribution in [1.82, 2.24) is 14.7 Å². The lowest BCUT2D eigenvalue weighted by atomic mass is 10.1. The van der Waals surface area contributed by atoms with Crippen LogP contribution >= 0.6 is 0 Å². The van der Waals surface area contributed by atoms with Crippen molar-refractivity contribution in [1.29, 1.82) is 0 Å². The molecule has 1 aliphatic carbocycles. The smallest absolute Gasteiger partial charge is 0.238 e. The number of amides is 2. The summed E-state index contributed by atoms with van der Waals surface area (Å²) in [5, 5.41) is 3.05. The summed E-state index contributed by atoms with van der Waals surface area (Å²) in [6, 6.07) is 5.99. The number of rotatable bonds is 7. The molecule has 4 rings (SSSR count). The van der Waals surface area contributed by atoms with Crippen molar-refractivity contribution < 1.29 is 18.0 Å². The summed E-state index contributed by atoms with van der Waals surface area (Å²) in [4.78, 5) is 32.1. The van der Waals surface area contributed by atoms with Gasteiger partial charge in [-0.05, 0) is 44.2 Å². The van der Waals surface area contributed by atoms with Gasteiger partial charge in [0.25, 0.3) is 0 Å². The molecule has 1 atom stereocenters. The number of sulfone groups is 1. The molecule has 34 heavy (non-hydrogen) atoms. The molecule has 2 aliphatic heterocycles. The molecule has 0 spiro atoms. The first-order chi connectivity index (χ1) is 16.2. The van der Waals surface area contributed by atoms with E-state index in [0.29, 0.717) is 19.5 Å². The van der Waals surface area contributed by atoms with E-state index in [9.17, 15) is 18.0 Å². The zero-order valence-corrected chi connectivity index (χ0v) is 21.3. The Morgan fingerprint density at radius 3 is 2.09 bits per heavy atom. The van der Waals surface area contributed by atoms with Gasteiger partial charge in [0, 0.05) is 44.0 Å². The number of benzene rings is 1. The van der Waals surface area contributed by atoms with Gasteiger partial charge in [-0.3, -0.25) is 19.4 Å². The molecule has 0 radical (unpaired) electrons. The van der Waals surface area contributed by atoms with Crippen LogP contribution < -0.4 is 5.32 Å². The van der Waals surface area contributed by atoms with Crippen LogP contribution in [0.4, 0.5) is 5.69 Å². The van der Waals surface area contributed by atoms with Crippen LogP contribution in [-0.2, 0) is 19.4 Å². The van der Waals surface area contributed by atoms with Gasteiger partial charge in [0.2, 0.25) is 11.8 Å². The van der Waals surface area contributed by atoms with Crippen LogP contribution in [0, 0.1) is 13.8 Å². The zero-order chi connectivity index (χ0) is 24.3. The Morgan fingerprint density at radius 1 is 0.941 bits per heavy atom. The average Bonchev–Trinajstić information content (AvgIpc) is 3.42. The molecule has 9 heteroatoms. The van der Waals surface area contributed by atoms with E-state index in [4.69, 9.17) is 0 Å². The Hall–Kier alpha value is -1.97. The van der Waals surface area contributed by atoms with Gasteiger partial charge in [-0.15, -0.1) is 0 Å². The molecule has 3 aliphatic rings. The summed E-state index contributed by atoms with van der Waals surface area (Å²) < 4.78 is 24.1. The molecule has 1 aromatic rings. The maximum absolute atomic E-state index is 13.3. The Morgan fingerprint density at radius 2 is 1.53 bits per heavy atom. The van der Waals surface area contributed by atoms with Gasteiger partial charge in [-0.2, -0.15) is 0 Å². The van der Waals surface area contributed by atoms with E-state index in [1.165, 1.54) is 0 Å². The molecule has 2 saturated heterocycles. The Bertz CT molecular complexity index is 978. The number of para-hydroxylation sites is 1. The van der Waals surface area contributed by atoms with E-state index >= 15 is 0 Å². The first-order valence-corrected chi connectivity index (χ1v) is 14.4. The normalized spacial score (nSPS) is 23.8. The number of anilines is 1. The SMILES string of the molecule is Cc1cccc(C)c1NC(=O)CN1CCN(CC(=O)N(C2CCCC2)[C@H]2CCS(=O)(=O)C2)CC1. The summed E-state index contributed by atoms with van der Waals surface area (Å²) in [6.07, 6.45) is 4.73. The van der Waals surface area contributed by atoms with Crippen molar-refractivity contribution >= 4 is 27.3 Å². The number of aryl methyl sites for hydroxylation is 2. The molecule has 2 heterocycles. The lowest BCUT2D eigenvalue weighted by Gasteiger charge is -2.38. The monoisotopic (exact) mass is 490 g/mol. The average molecular weight is 491 g/mol. The van der Waals surface area contributed by atoms with Crippen molar-refractivity contribution in [2.75, 3.05) is 56.1 Å². The van der Waals surface area contributed by atoms with Crippen molar-refractivity contribution in [2.24, 2.45) is 0 Å². The third-order valence-corrected chi connectivity index (χ3v) is 9.29. The van der Waals surface area contributed by atoms with E-state index in [1.54, 1.807) is 0 Å². The minimum Gasteiger partial charge on any atom is -0.335 e. The fourth-order valence-electron chi connectivity index (χ4n) is 5.65. The standard InChI is InChI=1S/C25H38N4O4S/c1-19-6-5-7-20(2)25(19)26-23(30)16-27-11-13-28(14-12-27)17-24(31)29(21-8-3-4-9-21)22-10-15-34(32,33)18-22/h5-7,21-22H,3-4,8-18H2,1-2H3,(H,26,30)/t22-/m0/s1. The number of nitrogens with one attached hydrogen (secondary N) is 1. The van der Waals surface area contributed by atoms with E-state index in [2.05, 4.69) is 15.1 Å². The molecule has 3 fully saturated rings. The molecular weight excluding hydrogens is 452 g/mol. The number of carbonyl (C=O) groups excluding carboxylic acids is 2. The maximum Gasteiger partial charge on any atom is 0.238 e. The van der Waals surface area contributed by atoms with E-state index in [1.807, 2.05) is 36.9 Å². The molecule has 1 aromatic carbocycles. The topological polar surface area (TPSA) is 90.0 Å². The minimum absolute atomic E-state index is 0.0169. The summed E-state index contributed by atoms with van der Waals surface area (Å²) in [5.41, 5.74) is 3.00. The molecule has 1 N–H and O–H groups in total. The van der Waals surface area contributed by atoms with Gasteiger partial charge in [0.1, 0.15) is 0 Å². The van der Waals surface area contributed by atoms with Crippen molar-refractivity contribution in [2.45, 2.75) is 58.0 Å². The van der Waals surface area contributed by atoms with E-state index < -0.39 is 9.84 Å². The second kappa shape index (κ2) is 10.7. The lowest BCUT2D eigenvalue weighted by Crippen LogP contribution is -2.54. The van der Waals surface area contributed by atoms with Gasteiger partial charge < -0.3 is 10.2 Å². The number of hydrogen-bond acceptors (Lipinski definition) is 6. The van der Waals surface area contributed by atoms with Gasteiger partial charge >= 0.3 is 0 Å². The molecule has 8 nitrogen and oxygen atoms in total. The predicted octanol–water partition coefficient (Wildman–Crippen LogP) is 1.82. The lowest BCUT2D eigenvalue weighted by molar-refractivity contribution is -0.137. The van der Waals surface area contributed by atoms with Gasteiger partial charge in [0.05, 0.1) is 24.6 Å². The first-order valence-electron chi connectivity index (χ1n) is 12.5. The molecule has 2 amide bonds. The Kier molecular flexibility index (Phi) is 7.94. The second-order valence-electron chi connectivity index (χ2n) is 10.2. The highest BCUT2D eigenvalue weighted by molar-refractivity contribution is 7.91. The number of nitrogens with zero attached hydrogens (tertiary/aromatic N) is 3.